The molecule has 1 fully saturated rings. The molecule has 15 heavy (non-hydrogen) atoms. The molecule has 1 aliphatic rings. The summed E-state index contributed by atoms with van der Waals surface area (Å²) in [5, 5.41) is 12.2. The molecule has 1 rings (SSSR count). The highest BCUT2D eigenvalue weighted by Crippen LogP contribution is 2.07. The summed E-state index contributed by atoms with van der Waals surface area (Å²) in [4.78, 5) is 0. The number of hydrogen-bond donors (Lipinski definition) is 2. The fourth-order valence-electron chi connectivity index (χ4n) is 1.54. The van der Waals surface area contributed by atoms with E-state index >= 15 is 0 Å². The van der Waals surface area contributed by atoms with Crippen LogP contribution in [0.3, 0.4) is 0 Å². The lowest BCUT2D eigenvalue weighted by Gasteiger charge is -2.30. The van der Waals surface area contributed by atoms with Gasteiger partial charge in [-0.05, 0) is 6.92 Å². The van der Waals surface area contributed by atoms with Gasteiger partial charge in [-0.25, -0.2) is 0 Å². The van der Waals surface area contributed by atoms with Gasteiger partial charge in [-0.15, -0.1) is 0 Å². The molecule has 6 nitrogen and oxygen atoms in total. The van der Waals surface area contributed by atoms with Crippen molar-refractivity contribution in [2.45, 2.75) is 13.0 Å². The van der Waals surface area contributed by atoms with Crippen LogP contribution in [0.2, 0.25) is 0 Å². The second-order valence-corrected chi connectivity index (χ2v) is 5.82. The molecule has 1 saturated heterocycles. The van der Waals surface area contributed by atoms with E-state index in [9.17, 15) is 8.42 Å². The summed E-state index contributed by atoms with van der Waals surface area (Å²) in [5.74, 6) is 0. The number of nitrogens with one attached hydrogen (secondary N) is 1. The first-order chi connectivity index (χ1) is 6.94. The van der Waals surface area contributed by atoms with Crippen LogP contribution in [0.1, 0.15) is 6.92 Å². The molecule has 0 amide bonds. The van der Waals surface area contributed by atoms with Gasteiger partial charge in [-0.2, -0.15) is 17.0 Å². The Balaban J connectivity index is 2.63. The van der Waals surface area contributed by atoms with Gasteiger partial charge in [-0.3, -0.25) is 0 Å². The first-order valence-electron chi connectivity index (χ1n) is 5.05. The summed E-state index contributed by atoms with van der Waals surface area (Å²) in [7, 11) is -1.90. The Bertz CT molecular complexity index is 286. The van der Waals surface area contributed by atoms with Crippen molar-refractivity contribution in [3.8, 4) is 0 Å². The normalized spacial score (nSPS) is 21.9. The van der Waals surface area contributed by atoms with Gasteiger partial charge in [0.15, 0.2) is 0 Å². The lowest BCUT2D eigenvalue weighted by molar-refractivity contribution is 0.167. The van der Waals surface area contributed by atoms with Crippen molar-refractivity contribution in [2.24, 2.45) is 0 Å². The average Bonchev–Trinajstić information content (AvgIpc) is 2.18. The third-order valence-electron chi connectivity index (χ3n) is 2.32. The van der Waals surface area contributed by atoms with Crippen molar-refractivity contribution in [3.05, 3.63) is 0 Å². The minimum atomic E-state index is -3.39. The fourth-order valence-corrected chi connectivity index (χ4v) is 2.98. The number of rotatable bonds is 4. The monoisotopic (exact) mass is 237 g/mol. The van der Waals surface area contributed by atoms with E-state index in [2.05, 4.69) is 5.32 Å². The second kappa shape index (κ2) is 5.22. The van der Waals surface area contributed by atoms with E-state index in [4.69, 9.17) is 5.11 Å². The Kier molecular flexibility index (Phi) is 4.47. The summed E-state index contributed by atoms with van der Waals surface area (Å²) in [5.41, 5.74) is 0. The van der Waals surface area contributed by atoms with Gasteiger partial charge >= 0.3 is 0 Å². The van der Waals surface area contributed by atoms with Crippen molar-refractivity contribution in [1.82, 2.24) is 13.9 Å². The number of likely N-dealkylation sites (N-methyl/N-ethyl adjacent to an activating group) is 1. The highest BCUT2D eigenvalue weighted by Gasteiger charge is 2.28. The van der Waals surface area contributed by atoms with Crippen LogP contribution in [0.15, 0.2) is 0 Å². The van der Waals surface area contributed by atoms with Crippen LogP contribution >= 0.6 is 0 Å². The Morgan fingerprint density at radius 1 is 1.47 bits per heavy atom. The lowest BCUT2D eigenvalue weighted by atomic mass is 10.4. The molecule has 90 valence electrons. The quantitative estimate of drug-likeness (QED) is 0.621. The molecule has 0 radical (unpaired) electrons. The fraction of sp³-hybridized carbons (Fsp3) is 1.00. The molecule has 0 aromatic rings. The van der Waals surface area contributed by atoms with Crippen LogP contribution in [0.5, 0.6) is 0 Å². The second-order valence-electron chi connectivity index (χ2n) is 3.79. The summed E-state index contributed by atoms with van der Waals surface area (Å²) in [6, 6.07) is 0. The minimum absolute atomic E-state index is 0.131. The molecule has 1 unspecified atom stereocenters. The number of hydrogen-bond acceptors (Lipinski definition) is 4. The number of aliphatic hydroxyl groups excluding tert-OH is 1. The molecule has 0 aromatic heterocycles. The summed E-state index contributed by atoms with van der Waals surface area (Å²) in [6.45, 7) is 4.05. The van der Waals surface area contributed by atoms with Crippen LogP contribution in [0.4, 0.5) is 0 Å². The number of aliphatic hydroxyl groups is 1. The van der Waals surface area contributed by atoms with Crippen molar-refractivity contribution in [1.29, 1.82) is 0 Å². The van der Waals surface area contributed by atoms with Crippen LogP contribution < -0.4 is 5.32 Å². The highest BCUT2D eigenvalue weighted by atomic mass is 32.2. The van der Waals surface area contributed by atoms with E-state index in [1.807, 2.05) is 0 Å². The van der Waals surface area contributed by atoms with Crippen LogP contribution in [-0.2, 0) is 10.2 Å². The summed E-state index contributed by atoms with van der Waals surface area (Å²) < 4.78 is 26.5. The van der Waals surface area contributed by atoms with Crippen LogP contribution in [0, 0.1) is 0 Å². The van der Waals surface area contributed by atoms with Gasteiger partial charge in [-0.1, -0.05) is 0 Å². The minimum Gasteiger partial charge on any atom is -0.392 e. The standard InChI is InChI=1S/C8H19N3O3S/c1-8(12)7-10(2)15(13,14)11-5-3-9-4-6-11/h8-9,12H,3-7H2,1-2H3. The molecule has 7 heteroatoms. The smallest absolute Gasteiger partial charge is 0.281 e. The lowest BCUT2D eigenvalue weighted by Crippen LogP contribution is -2.51. The molecule has 0 aliphatic carbocycles. The molecule has 0 aromatic carbocycles. The van der Waals surface area contributed by atoms with Crippen molar-refractivity contribution in [2.75, 3.05) is 39.8 Å². The van der Waals surface area contributed by atoms with Gasteiger partial charge in [0, 0.05) is 39.8 Å². The number of nitrogens with zero attached hydrogens (tertiary/aromatic N) is 2. The van der Waals surface area contributed by atoms with E-state index < -0.39 is 16.3 Å². The zero-order valence-electron chi connectivity index (χ0n) is 9.18. The van der Waals surface area contributed by atoms with Crippen molar-refractivity contribution < 1.29 is 13.5 Å². The van der Waals surface area contributed by atoms with Crippen molar-refractivity contribution in [3.63, 3.8) is 0 Å². The third kappa shape index (κ3) is 3.39. The molecule has 0 saturated carbocycles. The Morgan fingerprint density at radius 3 is 2.47 bits per heavy atom. The van der Waals surface area contributed by atoms with E-state index in [1.165, 1.54) is 15.7 Å². The zero-order chi connectivity index (χ0) is 11.5. The van der Waals surface area contributed by atoms with Gasteiger partial charge in [0.05, 0.1) is 6.10 Å². The van der Waals surface area contributed by atoms with E-state index in [1.54, 1.807) is 6.92 Å². The molecule has 1 aliphatic heterocycles. The Morgan fingerprint density at radius 2 is 2.00 bits per heavy atom. The molecule has 0 bridgehead atoms. The molecule has 1 atom stereocenters. The van der Waals surface area contributed by atoms with E-state index in [0.717, 1.165) is 0 Å². The largest absolute Gasteiger partial charge is 0.392 e. The maximum Gasteiger partial charge on any atom is 0.281 e. The predicted octanol–water partition coefficient (Wildman–Crippen LogP) is -1.55. The first-order valence-corrected chi connectivity index (χ1v) is 6.44. The zero-order valence-corrected chi connectivity index (χ0v) is 10.00. The predicted molar refractivity (Wildman–Crippen MR) is 57.7 cm³/mol. The Labute approximate surface area is 91.0 Å². The topological polar surface area (TPSA) is 72.9 Å². The SMILES string of the molecule is CC(O)CN(C)S(=O)(=O)N1CCNCC1. The van der Waals surface area contributed by atoms with Crippen LogP contribution in [-0.4, -0.2) is 68.0 Å². The Hall–Kier alpha value is -0.210. The third-order valence-corrected chi connectivity index (χ3v) is 4.27. The molecular weight excluding hydrogens is 218 g/mol. The number of piperazine rings is 1. The van der Waals surface area contributed by atoms with E-state index in [-0.39, 0.29) is 6.54 Å². The molecule has 1 heterocycles. The van der Waals surface area contributed by atoms with Crippen molar-refractivity contribution >= 4 is 10.2 Å². The molecular formula is C8H19N3O3S. The van der Waals surface area contributed by atoms with Gasteiger partial charge in [0.1, 0.15) is 0 Å². The highest BCUT2D eigenvalue weighted by molar-refractivity contribution is 7.86. The summed E-state index contributed by atoms with van der Waals surface area (Å²) >= 11 is 0. The van der Waals surface area contributed by atoms with Crippen LogP contribution in [0.25, 0.3) is 0 Å². The van der Waals surface area contributed by atoms with E-state index in [0.29, 0.717) is 26.2 Å². The van der Waals surface area contributed by atoms with Gasteiger partial charge in [0.25, 0.3) is 10.2 Å². The average molecular weight is 237 g/mol. The maximum absolute atomic E-state index is 11.9. The molecule has 0 spiro atoms. The molecule has 2 N–H and O–H groups in total. The first kappa shape index (κ1) is 12.9. The summed E-state index contributed by atoms with van der Waals surface area (Å²) in [6.07, 6.45) is -0.646. The van der Waals surface area contributed by atoms with Gasteiger partial charge in [0.2, 0.25) is 0 Å². The maximum atomic E-state index is 11.9. The van der Waals surface area contributed by atoms with Gasteiger partial charge < -0.3 is 10.4 Å².